The van der Waals surface area contributed by atoms with Gasteiger partial charge in [0.05, 0.1) is 0 Å². The number of carboxylic acids is 1. The van der Waals surface area contributed by atoms with Crippen LogP contribution in [0.25, 0.3) is 0 Å². The Kier molecular flexibility index (Phi) is 7.07. The number of hydrogen-bond donors (Lipinski definition) is 2. The average Bonchev–Trinajstić information content (AvgIpc) is 2.40. The van der Waals surface area contributed by atoms with Crippen LogP contribution in [0.3, 0.4) is 0 Å². The van der Waals surface area contributed by atoms with E-state index < -0.39 is 5.97 Å². The SMILES string of the molecule is Cc1ccc(CNC(=O)CCCCC(=O)O)c(OC(C)(C)C)c1. The molecule has 1 amide bonds. The van der Waals surface area contributed by atoms with E-state index in [0.717, 1.165) is 16.9 Å². The van der Waals surface area contributed by atoms with E-state index in [9.17, 15) is 9.59 Å². The van der Waals surface area contributed by atoms with Crippen LogP contribution < -0.4 is 10.1 Å². The first-order chi connectivity index (χ1) is 10.7. The average molecular weight is 321 g/mol. The van der Waals surface area contributed by atoms with Gasteiger partial charge in [0.25, 0.3) is 0 Å². The van der Waals surface area contributed by atoms with Crippen molar-refractivity contribution in [2.45, 2.75) is 65.5 Å². The molecule has 0 spiro atoms. The second kappa shape index (κ2) is 8.56. The van der Waals surface area contributed by atoms with E-state index in [1.165, 1.54) is 0 Å². The zero-order chi connectivity index (χ0) is 17.5. The molecule has 128 valence electrons. The number of rotatable bonds is 8. The molecule has 1 aromatic rings. The van der Waals surface area contributed by atoms with Gasteiger partial charge < -0.3 is 15.2 Å². The van der Waals surface area contributed by atoms with Crippen molar-refractivity contribution in [2.75, 3.05) is 0 Å². The fraction of sp³-hybridized carbons (Fsp3) is 0.556. The smallest absolute Gasteiger partial charge is 0.303 e. The van der Waals surface area contributed by atoms with Crippen molar-refractivity contribution in [3.8, 4) is 5.75 Å². The fourth-order valence-corrected chi connectivity index (χ4v) is 2.08. The van der Waals surface area contributed by atoms with Gasteiger partial charge in [-0.25, -0.2) is 0 Å². The lowest BCUT2D eigenvalue weighted by Crippen LogP contribution is -2.26. The number of ether oxygens (including phenoxy) is 1. The van der Waals surface area contributed by atoms with Gasteiger partial charge in [-0.3, -0.25) is 9.59 Å². The molecule has 1 rings (SSSR count). The first-order valence-corrected chi connectivity index (χ1v) is 7.94. The van der Waals surface area contributed by atoms with Crippen molar-refractivity contribution >= 4 is 11.9 Å². The van der Waals surface area contributed by atoms with E-state index in [4.69, 9.17) is 9.84 Å². The molecule has 0 radical (unpaired) electrons. The zero-order valence-corrected chi connectivity index (χ0v) is 14.4. The van der Waals surface area contributed by atoms with Crippen molar-refractivity contribution < 1.29 is 19.4 Å². The van der Waals surface area contributed by atoms with Crippen LogP contribution in [0.4, 0.5) is 0 Å². The van der Waals surface area contributed by atoms with Crippen LogP contribution >= 0.6 is 0 Å². The quantitative estimate of drug-likeness (QED) is 0.719. The highest BCUT2D eigenvalue weighted by Crippen LogP contribution is 2.24. The van der Waals surface area contributed by atoms with Crippen molar-refractivity contribution in [1.29, 1.82) is 0 Å². The Hall–Kier alpha value is -2.04. The highest BCUT2D eigenvalue weighted by molar-refractivity contribution is 5.76. The summed E-state index contributed by atoms with van der Waals surface area (Å²) in [4.78, 5) is 22.2. The number of hydrogen-bond acceptors (Lipinski definition) is 3. The minimum absolute atomic E-state index is 0.0716. The molecule has 1 aromatic carbocycles. The van der Waals surface area contributed by atoms with Gasteiger partial charge in [-0.2, -0.15) is 0 Å². The van der Waals surface area contributed by atoms with E-state index in [-0.39, 0.29) is 17.9 Å². The summed E-state index contributed by atoms with van der Waals surface area (Å²) in [6.07, 6.45) is 1.55. The molecule has 2 N–H and O–H groups in total. The number of aliphatic carboxylic acids is 1. The molecule has 0 atom stereocenters. The van der Waals surface area contributed by atoms with Crippen LogP contribution in [-0.2, 0) is 16.1 Å². The minimum Gasteiger partial charge on any atom is -0.488 e. The van der Waals surface area contributed by atoms with E-state index in [2.05, 4.69) is 5.32 Å². The first-order valence-electron chi connectivity index (χ1n) is 7.94. The summed E-state index contributed by atoms with van der Waals surface area (Å²) in [5, 5.41) is 11.4. The normalized spacial score (nSPS) is 11.1. The fourth-order valence-electron chi connectivity index (χ4n) is 2.08. The summed E-state index contributed by atoms with van der Waals surface area (Å²) >= 11 is 0. The molecule has 0 bridgehead atoms. The van der Waals surface area contributed by atoms with Crippen LogP contribution in [-0.4, -0.2) is 22.6 Å². The number of amides is 1. The molecule has 0 unspecified atom stereocenters. The molecule has 5 heteroatoms. The lowest BCUT2D eigenvalue weighted by Gasteiger charge is -2.23. The highest BCUT2D eigenvalue weighted by atomic mass is 16.5. The number of benzene rings is 1. The van der Waals surface area contributed by atoms with E-state index in [1.807, 2.05) is 45.9 Å². The van der Waals surface area contributed by atoms with Crippen LogP contribution in [0.5, 0.6) is 5.75 Å². The van der Waals surface area contributed by atoms with Crippen LogP contribution in [0.15, 0.2) is 18.2 Å². The first kappa shape index (κ1) is 19.0. The number of nitrogens with one attached hydrogen (secondary N) is 1. The summed E-state index contributed by atoms with van der Waals surface area (Å²) in [6.45, 7) is 8.37. The summed E-state index contributed by atoms with van der Waals surface area (Å²) in [6, 6.07) is 5.92. The van der Waals surface area contributed by atoms with E-state index in [1.54, 1.807) is 0 Å². The third-order valence-electron chi connectivity index (χ3n) is 3.16. The number of unbranched alkanes of at least 4 members (excludes halogenated alkanes) is 1. The summed E-state index contributed by atoms with van der Waals surface area (Å²) in [5.74, 6) is -0.115. The molecule has 0 fully saturated rings. The number of carboxylic acid groups (broad SMARTS) is 1. The van der Waals surface area contributed by atoms with Gasteiger partial charge in [0.1, 0.15) is 11.4 Å². The standard InChI is InChI=1S/C18H27NO4/c1-13-9-10-14(15(11-13)23-18(2,3)4)12-19-16(20)7-5-6-8-17(21)22/h9-11H,5-8,12H2,1-4H3,(H,19,20)(H,21,22). The Bertz CT molecular complexity index is 546. The summed E-state index contributed by atoms with van der Waals surface area (Å²) in [5.41, 5.74) is 1.74. The summed E-state index contributed by atoms with van der Waals surface area (Å²) in [7, 11) is 0. The molecule has 0 aliphatic heterocycles. The Morgan fingerprint density at radius 2 is 1.83 bits per heavy atom. The Labute approximate surface area is 138 Å². The molecule has 0 aliphatic carbocycles. The zero-order valence-electron chi connectivity index (χ0n) is 14.4. The van der Waals surface area contributed by atoms with Crippen molar-refractivity contribution in [2.24, 2.45) is 0 Å². The molecule has 0 saturated heterocycles. The molecular weight excluding hydrogens is 294 g/mol. The second-order valence-corrected chi connectivity index (χ2v) is 6.70. The number of carbonyl (C=O) groups is 2. The van der Waals surface area contributed by atoms with Crippen molar-refractivity contribution in [3.05, 3.63) is 29.3 Å². The predicted octanol–water partition coefficient (Wildman–Crippen LogP) is 3.43. The molecule has 23 heavy (non-hydrogen) atoms. The Morgan fingerprint density at radius 1 is 1.17 bits per heavy atom. The molecule has 0 heterocycles. The maximum Gasteiger partial charge on any atom is 0.303 e. The van der Waals surface area contributed by atoms with Crippen LogP contribution in [0.1, 0.15) is 57.6 Å². The second-order valence-electron chi connectivity index (χ2n) is 6.70. The third-order valence-corrected chi connectivity index (χ3v) is 3.16. The van der Waals surface area contributed by atoms with Gasteiger partial charge in [0.15, 0.2) is 0 Å². The minimum atomic E-state index is -0.825. The van der Waals surface area contributed by atoms with Crippen molar-refractivity contribution in [3.63, 3.8) is 0 Å². The van der Waals surface area contributed by atoms with Gasteiger partial charge in [0.2, 0.25) is 5.91 Å². The maximum absolute atomic E-state index is 11.8. The van der Waals surface area contributed by atoms with Crippen LogP contribution in [0, 0.1) is 6.92 Å². The van der Waals surface area contributed by atoms with Gasteiger partial charge >= 0.3 is 5.97 Å². The lowest BCUT2D eigenvalue weighted by molar-refractivity contribution is -0.137. The lowest BCUT2D eigenvalue weighted by atomic mass is 10.1. The van der Waals surface area contributed by atoms with E-state index >= 15 is 0 Å². The van der Waals surface area contributed by atoms with Crippen molar-refractivity contribution in [1.82, 2.24) is 5.32 Å². The number of aryl methyl sites for hydroxylation is 1. The van der Waals surface area contributed by atoms with Gasteiger partial charge in [-0.05, 0) is 52.2 Å². The largest absolute Gasteiger partial charge is 0.488 e. The monoisotopic (exact) mass is 321 g/mol. The van der Waals surface area contributed by atoms with Gasteiger partial charge in [-0.1, -0.05) is 12.1 Å². The summed E-state index contributed by atoms with van der Waals surface area (Å²) < 4.78 is 5.95. The molecule has 0 saturated carbocycles. The van der Waals surface area contributed by atoms with Gasteiger partial charge in [-0.15, -0.1) is 0 Å². The number of carbonyl (C=O) groups excluding carboxylic acids is 1. The van der Waals surface area contributed by atoms with E-state index in [0.29, 0.717) is 25.8 Å². The molecule has 5 nitrogen and oxygen atoms in total. The Balaban J connectivity index is 2.53. The Morgan fingerprint density at radius 3 is 2.43 bits per heavy atom. The predicted molar refractivity (Wildman–Crippen MR) is 89.5 cm³/mol. The van der Waals surface area contributed by atoms with Gasteiger partial charge in [0, 0.05) is 24.9 Å². The molecule has 0 aliphatic rings. The molecule has 0 aromatic heterocycles. The topological polar surface area (TPSA) is 75.6 Å². The maximum atomic E-state index is 11.8. The van der Waals surface area contributed by atoms with Crippen LogP contribution in [0.2, 0.25) is 0 Å². The highest BCUT2D eigenvalue weighted by Gasteiger charge is 2.15. The third kappa shape index (κ3) is 8.24. The molecular formula is C18H27NO4.